The molecular weight excluding hydrogens is 266 g/mol. The Morgan fingerprint density at radius 3 is 2.58 bits per heavy atom. The van der Waals surface area contributed by atoms with E-state index >= 15 is 0 Å². The van der Waals surface area contributed by atoms with Gasteiger partial charge in [-0.3, -0.25) is 5.41 Å². The largest absolute Gasteiger partial charge is 0.478 e. The van der Waals surface area contributed by atoms with Gasteiger partial charge in [0, 0.05) is 16.7 Å². The predicted octanol–water partition coefficient (Wildman–Crippen LogP) is 2.69. The van der Waals surface area contributed by atoms with Crippen molar-refractivity contribution in [3.63, 3.8) is 0 Å². The highest BCUT2D eigenvalue weighted by molar-refractivity contribution is 6.31. The van der Waals surface area contributed by atoms with Crippen LogP contribution in [0.3, 0.4) is 0 Å². The normalized spacial score (nSPS) is 10.8. The molecule has 0 aliphatic carbocycles. The van der Waals surface area contributed by atoms with Crippen LogP contribution in [0.1, 0.15) is 19.4 Å². The molecule has 4 N–H and O–H groups in total. The fourth-order valence-corrected chi connectivity index (χ4v) is 1.21. The SMILES string of the molecule is CC.N=C(N=C(N)/C=C\C(=O)O)c1cccc(Cl)c1. The maximum atomic E-state index is 10.2. The van der Waals surface area contributed by atoms with Gasteiger partial charge < -0.3 is 10.8 Å². The van der Waals surface area contributed by atoms with Crippen LogP contribution in [0.25, 0.3) is 0 Å². The second-order valence-corrected chi connectivity index (χ2v) is 3.50. The van der Waals surface area contributed by atoms with E-state index in [1.165, 1.54) is 0 Å². The maximum absolute atomic E-state index is 10.2. The molecule has 1 aromatic carbocycles. The first-order valence-electron chi connectivity index (χ1n) is 5.58. The van der Waals surface area contributed by atoms with Gasteiger partial charge >= 0.3 is 5.97 Å². The molecule has 0 saturated heterocycles. The molecule has 0 atom stereocenters. The number of aliphatic carboxylic acids is 1. The van der Waals surface area contributed by atoms with E-state index in [-0.39, 0.29) is 11.7 Å². The van der Waals surface area contributed by atoms with Crippen LogP contribution in [0.4, 0.5) is 0 Å². The van der Waals surface area contributed by atoms with Crippen molar-refractivity contribution < 1.29 is 9.90 Å². The van der Waals surface area contributed by atoms with E-state index in [2.05, 4.69) is 4.99 Å². The van der Waals surface area contributed by atoms with Gasteiger partial charge in [0.05, 0.1) is 0 Å². The highest BCUT2D eigenvalue weighted by Gasteiger charge is 2.00. The first kappa shape index (κ1) is 16.9. The van der Waals surface area contributed by atoms with Crippen LogP contribution in [-0.4, -0.2) is 22.7 Å². The van der Waals surface area contributed by atoms with Crippen molar-refractivity contribution in [3.05, 3.63) is 47.0 Å². The Hall–Kier alpha value is -2.14. The molecule has 0 aliphatic rings. The van der Waals surface area contributed by atoms with E-state index in [1.807, 2.05) is 13.8 Å². The molecule has 0 heterocycles. The lowest BCUT2D eigenvalue weighted by atomic mass is 10.2. The van der Waals surface area contributed by atoms with Gasteiger partial charge in [-0.1, -0.05) is 37.6 Å². The lowest BCUT2D eigenvalue weighted by molar-refractivity contribution is -0.131. The zero-order valence-corrected chi connectivity index (χ0v) is 11.5. The van der Waals surface area contributed by atoms with Crippen molar-refractivity contribution in [2.45, 2.75) is 13.8 Å². The molecule has 19 heavy (non-hydrogen) atoms. The zero-order valence-electron chi connectivity index (χ0n) is 10.7. The summed E-state index contributed by atoms with van der Waals surface area (Å²) in [7, 11) is 0. The third-order valence-corrected chi connectivity index (χ3v) is 1.97. The topological polar surface area (TPSA) is 99.5 Å². The third kappa shape index (κ3) is 7.00. The molecule has 1 rings (SSSR count). The van der Waals surface area contributed by atoms with Crippen molar-refractivity contribution in [3.8, 4) is 0 Å². The summed E-state index contributed by atoms with van der Waals surface area (Å²) >= 11 is 5.76. The van der Waals surface area contributed by atoms with Crippen LogP contribution in [0.15, 0.2) is 41.4 Å². The zero-order chi connectivity index (χ0) is 14.8. The van der Waals surface area contributed by atoms with E-state index in [1.54, 1.807) is 24.3 Å². The Labute approximate surface area is 116 Å². The number of halogens is 1. The summed E-state index contributed by atoms with van der Waals surface area (Å²) in [5.41, 5.74) is 5.93. The highest BCUT2D eigenvalue weighted by atomic mass is 35.5. The van der Waals surface area contributed by atoms with Gasteiger partial charge in [-0.25, -0.2) is 9.79 Å². The van der Waals surface area contributed by atoms with Crippen molar-refractivity contribution >= 4 is 29.2 Å². The van der Waals surface area contributed by atoms with Gasteiger partial charge in [-0.05, 0) is 18.2 Å². The van der Waals surface area contributed by atoms with E-state index in [4.69, 9.17) is 27.9 Å². The summed E-state index contributed by atoms with van der Waals surface area (Å²) in [4.78, 5) is 14.0. The average molecular weight is 282 g/mol. The number of aliphatic imine (C=N–C) groups is 1. The molecule has 0 spiro atoms. The molecule has 0 aromatic heterocycles. The Morgan fingerprint density at radius 1 is 1.42 bits per heavy atom. The Bertz CT molecular complexity index is 510. The summed E-state index contributed by atoms with van der Waals surface area (Å²) in [6, 6.07) is 6.59. The minimum Gasteiger partial charge on any atom is -0.478 e. The molecule has 102 valence electrons. The Morgan fingerprint density at radius 2 is 2.05 bits per heavy atom. The third-order valence-electron chi connectivity index (χ3n) is 1.74. The second kappa shape index (κ2) is 8.88. The number of nitrogens with two attached hydrogens (primary N) is 1. The number of carboxylic acid groups (broad SMARTS) is 1. The molecule has 6 heteroatoms. The summed E-state index contributed by atoms with van der Waals surface area (Å²) in [5.74, 6) is -1.27. The summed E-state index contributed by atoms with van der Waals surface area (Å²) in [6.07, 6.45) is 1.96. The first-order valence-corrected chi connectivity index (χ1v) is 5.96. The molecule has 0 saturated carbocycles. The number of hydrogen-bond donors (Lipinski definition) is 3. The molecule has 0 amide bonds. The van der Waals surface area contributed by atoms with Crippen LogP contribution >= 0.6 is 11.6 Å². The number of rotatable bonds is 3. The van der Waals surface area contributed by atoms with Crippen molar-refractivity contribution in [2.75, 3.05) is 0 Å². The number of amidine groups is 2. The lowest BCUT2D eigenvalue weighted by Crippen LogP contribution is -2.12. The maximum Gasteiger partial charge on any atom is 0.328 e. The van der Waals surface area contributed by atoms with Crippen LogP contribution in [0.5, 0.6) is 0 Å². The molecule has 0 fully saturated rings. The van der Waals surface area contributed by atoms with E-state index < -0.39 is 5.97 Å². The summed E-state index contributed by atoms with van der Waals surface area (Å²) in [5, 5.41) is 16.5. The van der Waals surface area contributed by atoms with Gasteiger partial charge in [0.1, 0.15) is 5.84 Å². The van der Waals surface area contributed by atoms with Crippen molar-refractivity contribution in [1.29, 1.82) is 5.41 Å². The van der Waals surface area contributed by atoms with Crippen LogP contribution in [0.2, 0.25) is 5.02 Å². The van der Waals surface area contributed by atoms with Gasteiger partial charge in [-0.2, -0.15) is 0 Å². The van der Waals surface area contributed by atoms with E-state index in [0.29, 0.717) is 10.6 Å². The van der Waals surface area contributed by atoms with E-state index in [9.17, 15) is 4.79 Å². The average Bonchev–Trinajstić information content (AvgIpc) is 2.38. The highest BCUT2D eigenvalue weighted by Crippen LogP contribution is 2.11. The molecule has 0 bridgehead atoms. The van der Waals surface area contributed by atoms with E-state index in [0.717, 1.165) is 12.2 Å². The van der Waals surface area contributed by atoms with Gasteiger partial charge in [0.15, 0.2) is 5.84 Å². The predicted molar refractivity (Wildman–Crippen MR) is 78.0 cm³/mol. The Kier molecular flexibility index (Phi) is 7.88. The lowest BCUT2D eigenvalue weighted by Gasteiger charge is -1.99. The van der Waals surface area contributed by atoms with Crippen molar-refractivity contribution in [1.82, 2.24) is 0 Å². The second-order valence-electron chi connectivity index (χ2n) is 3.07. The number of nitrogens with zero attached hydrogens (tertiary/aromatic N) is 1. The van der Waals surface area contributed by atoms with Gasteiger partial charge in [0.25, 0.3) is 0 Å². The molecule has 0 unspecified atom stereocenters. The molecular formula is C13H16ClN3O2. The fraction of sp³-hybridized carbons (Fsp3) is 0.154. The number of carboxylic acids is 1. The molecule has 0 radical (unpaired) electrons. The number of benzene rings is 1. The molecule has 0 aliphatic heterocycles. The minimum atomic E-state index is -1.13. The van der Waals surface area contributed by atoms with Crippen molar-refractivity contribution in [2.24, 2.45) is 10.7 Å². The summed E-state index contributed by atoms with van der Waals surface area (Å²) < 4.78 is 0. The minimum absolute atomic E-state index is 0.0580. The molecule has 5 nitrogen and oxygen atoms in total. The van der Waals surface area contributed by atoms with Crippen LogP contribution in [-0.2, 0) is 4.79 Å². The summed E-state index contributed by atoms with van der Waals surface area (Å²) in [6.45, 7) is 4.00. The fourth-order valence-electron chi connectivity index (χ4n) is 1.02. The van der Waals surface area contributed by atoms with Crippen LogP contribution in [0, 0.1) is 5.41 Å². The quantitative estimate of drug-likeness (QED) is 0.451. The monoisotopic (exact) mass is 281 g/mol. The van der Waals surface area contributed by atoms with Gasteiger partial charge in [0.2, 0.25) is 0 Å². The van der Waals surface area contributed by atoms with Crippen LogP contribution < -0.4 is 5.73 Å². The number of nitrogens with one attached hydrogen (secondary N) is 1. The number of carbonyl (C=O) groups is 1. The molecule has 1 aromatic rings. The Balaban J connectivity index is 0.00000154. The first-order chi connectivity index (χ1) is 8.99. The smallest absolute Gasteiger partial charge is 0.328 e. The van der Waals surface area contributed by atoms with Gasteiger partial charge in [-0.15, -0.1) is 0 Å². The number of hydrogen-bond acceptors (Lipinski definition) is 2. The standard InChI is InChI=1S/C11H10ClN3O2.C2H6/c12-8-3-1-2-7(6-8)11(14)15-9(13)4-5-10(16)17;1-2/h1-6H,(H,16,17)(H3,13,14,15);1-2H3/b5-4-;.